The summed E-state index contributed by atoms with van der Waals surface area (Å²) in [6.45, 7) is 0.548. The minimum Gasteiger partial charge on any atom is -0.488 e. The van der Waals surface area contributed by atoms with Gasteiger partial charge in [-0.15, -0.1) is 5.10 Å². The molecule has 1 aliphatic rings. The molecular formula is C20H20FN5O3. The van der Waals surface area contributed by atoms with E-state index in [2.05, 4.69) is 26.4 Å². The molecule has 0 aliphatic carbocycles. The second-order valence-corrected chi connectivity index (χ2v) is 5.83. The van der Waals surface area contributed by atoms with Crippen LogP contribution in [0, 0.1) is 5.82 Å². The third-order valence-electron chi connectivity index (χ3n) is 3.81. The monoisotopic (exact) mass is 397 g/mol. The lowest BCUT2D eigenvalue weighted by Gasteiger charge is -2.11. The van der Waals surface area contributed by atoms with Gasteiger partial charge in [0.1, 0.15) is 6.61 Å². The van der Waals surface area contributed by atoms with E-state index in [1.807, 2.05) is 24.3 Å². The Morgan fingerprint density at radius 1 is 1.21 bits per heavy atom. The molecule has 29 heavy (non-hydrogen) atoms. The average Bonchev–Trinajstić information content (AvgIpc) is 2.73. The van der Waals surface area contributed by atoms with E-state index in [1.54, 1.807) is 18.4 Å². The third-order valence-corrected chi connectivity index (χ3v) is 3.81. The largest absolute Gasteiger partial charge is 0.488 e. The normalized spacial score (nSPS) is 15.7. The first kappa shape index (κ1) is 20.0. The van der Waals surface area contributed by atoms with Crippen molar-refractivity contribution in [3.05, 3.63) is 66.0 Å². The van der Waals surface area contributed by atoms with E-state index in [9.17, 15) is 9.18 Å². The van der Waals surface area contributed by atoms with Gasteiger partial charge in [-0.05, 0) is 42.5 Å². The molecule has 0 fully saturated rings. The van der Waals surface area contributed by atoms with E-state index in [1.165, 1.54) is 19.2 Å². The third kappa shape index (κ3) is 5.63. The quantitative estimate of drug-likeness (QED) is 0.675. The van der Waals surface area contributed by atoms with Gasteiger partial charge in [-0.2, -0.15) is 0 Å². The Labute approximate surface area is 167 Å². The number of rotatable bonds is 5. The molecule has 0 atom stereocenters. The molecule has 0 spiro atoms. The molecular weight excluding hydrogens is 377 g/mol. The van der Waals surface area contributed by atoms with Crippen LogP contribution >= 0.6 is 0 Å². The zero-order chi connectivity index (χ0) is 20.5. The number of carbonyl (C=O) groups is 1. The van der Waals surface area contributed by atoms with E-state index in [-0.39, 0.29) is 23.8 Å². The van der Waals surface area contributed by atoms with Crippen molar-refractivity contribution in [3.8, 4) is 5.75 Å². The molecule has 1 amide bonds. The number of amidine groups is 1. The minimum absolute atomic E-state index is 0.0512. The van der Waals surface area contributed by atoms with Crippen LogP contribution in [0.1, 0.15) is 10.4 Å². The van der Waals surface area contributed by atoms with E-state index < -0.39 is 11.7 Å². The smallest absolute Gasteiger partial charge is 0.256 e. The van der Waals surface area contributed by atoms with Crippen LogP contribution in [-0.4, -0.2) is 38.3 Å². The highest BCUT2D eigenvalue weighted by atomic mass is 19.1. The Bertz CT molecular complexity index is 959. The number of halogens is 1. The standard InChI is InChI=1S/C20H20FN5O3/c1-28-11-12-29-18-9-8-14(13-15(18)21)20(27)23-19-7-4-10-22-16-5-2-3-6-17(16)24-26-25-19/h2-10,13,24,26H,11-12H2,1H3,(H,23,25,27)/b7-4+,22-10?. The zero-order valence-corrected chi connectivity index (χ0v) is 15.7. The van der Waals surface area contributed by atoms with E-state index >= 15 is 0 Å². The van der Waals surface area contributed by atoms with Gasteiger partial charge < -0.3 is 14.8 Å². The van der Waals surface area contributed by atoms with E-state index in [0.717, 1.165) is 17.4 Å². The molecule has 9 heteroatoms. The Balaban J connectivity index is 1.67. The number of anilines is 1. The van der Waals surface area contributed by atoms with Crippen LogP contribution in [0.5, 0.6) is 5.75 Å². The van der Waals surface area contributed by atoms with Crippen LogP contribution in [0.2, 0.25) is 0 Å². The molecule has 2 aromatic carbocycles. The van der Waals surface area contributed by atoms with Gasteiger partial charge in [0.15, 0.2) is 17.4 Å². The van der Waals surface area contributed by atoms with Crippen LogP contribution in [0.4, 0.5) is 15.8 Å². The van der Waals surface area contributed by atoms with Crippen molar-refractivity contribution in [2.75, 3.05) is 25.7 Å². The number of hydrazine groups is 1. The predicted molar refractivity (Wildman–Crippen MR) is 109 cm³/mol. The number of benzene rings is 2. The van der Waals surface area contributed by atoms with Crippen LogP contribution in [0.25, 0.3) is 0 Å². The van der Waals surface area contributed by atoms with E-state index in [0.29, 0.717) is 6.61 Å². The Morgan fingerprint density at radius 2 is 2.07 bits per heavy atom. The number of para-hydroxylation sites is 2. The zero-order valence-electron chi connectivity index (χ0n) is 15.7. The lowest BCUT2D eigenvalue weighted by Crippen LogP contribution is -2.32. The summed E-state index contributed by atoms with van der Waals surface area (Å²) in [4.78, 5) is 16.8. The topological polar surface area (TPSA) is 96.3 Å². The number of methoxy groups -OCH3 is 1. The molecule has 0 saturated carbocycles. The lowest BCUT2D eigenvalue weighted by atomic mass is 10.2. The molecule has 3 rings (SSSR count). The Hall–Kier alpha value is -3.72. The molecule has 0 aromatic heterocycles. The number of nitrogens with one attached hydrogen (secondary N) is 3. The molecule has 0 bridgehead atoms. The molecule has 0 unspecified atom stereocenters. The van der Waals surface area contributed by atoms with Crippen molar-refractivity contribution < 1.29 is 18.7 Å². The summed E-state index contributed by atoms with van der Waals surface area (Å²) in [5.74, 6) is -0.892. The number of nitrogens with zero attached hydrogens (tertiary/aromatic N) is 2. The molecule has 1 aliphatic heterocycles. The van der Waals surface area contributed by atoms with Crippen LogP contribution in [0.3, 0.4) is 0 Å². The summed E-state index contributed by atoms with van der Waals surface area (Å²) < 4.78 is 24.2. The molecule has 0 saturated heterocycles. The van der Waals surface area contributed by atoms with Crippen molar-refractivity contribution in [3.63, 3.8) is 0 Å². The van der Waals surface area contributed by atoms with E-state index in [4.69, 9.17) is 9.47 Å². The van der Waals surface area contributed by atoms with Crippen molar-refractivity contribution in [2.24, 2.45) is 10.1 Å². The molecule has 150 valence electrons. The van der Waals surface area contributed by atoms with Crippen LogP contribution in [-0.2, 0) is 4.74 Å². The fraction of sp³-hybridized carbons (Fsp3) is 0.150. The first-order valence-corrected chi connectivity index (χ1v) is 8.78. The lowest BCUT2D eigenvalue weighted by molar-refractivity contribution is 0.0976. The Morgan fingerprint density at radius 3 is 2.90 bits per heavy atom. The van der Waals surface area contributed by atoms with Gasteiger partial charge in [-0.1, -0.05) is 12.1 Å². The number of amides is 1. The van der Waals surface area contributed by atoms with Gasteiger partial charge in [0, 0.05) is 18.9 Å². The summed E-state index contributed by atoms with van der Waals surface area (Å²) >= 11 is 0. The first-order valence-electron chi connectivity index (χ1n) is 8.78. The summed E-state index contributed by atoms with van der Waals surface area (Å²) in [6, 6.07) is 11.4. The number of fused-ring (bicyclic) bond motifs is 1. The van der Waals surface area contributed by atoms with Gasteiger partial charge >= 0.3 is 0 Å². The molecule has 2 aromatic rings. The molecule has 1 heterocycles. The van der Waals surface area contributed by atoms with Gasteiger partial charge in [0.25, 0.3) is 5.91 Å². The van der Waals surface area contributed by atoms with Crippen molar-refractivity contribution >= 4 is 29.3 Å². The SMILES string of the molecule is COCCOc1ccc(C(=O)NC2=N/NNc3ccccc3N=C\C=C\2)cc1F. The van der Waals surface area contributed by atoms with Gasteiger partial charge in [-0.3, -0.25) is 15.2 Å². The number of ether oxygens (including phenoxy) is 2. The molecule has 0 radical (unpaired) electrons. The van der Waals surface area contributed by atoms with Crippen LogP contribution in [0.15, 0.2) is 64.7 Å². The van der Waals surface area contributed by atoms with Crippen LogP contribution < -0.4 is 21.0 Å². The number of hydrogen-bond donors (Lipinski definition) is 3. The highest BCUT2D eigenvalue weighted by Crippen LogP contribution is 2.23. The second kappa shape index (κ2) is 10.00. The summed E-state index contributed by atoms with van der Waals surface area (Å²) in [7, 11) is 1.53. The molecule has 8 nitrogen and oxygen atoms in total. The highest BCUT2D eigenvalue weighted by Gasteiger charge is 2.12. The second-order valence-electron chi connectivity index (χ2n) is 5.83. The van der Waals surface area contributed by atoms with Crippen molar-refractivity contribution in [1.29, 1.82) is 0 Å². The number of allylic oxidation sites excluding steroid dienone is 1. The fourth-order valence-electron chi connectivity index (χ4n) is 2.39. The highest BCUT2D eigenvalue weighted by molar-refractivity contribution is 6.11. The van der Waals surface area contributed by atoms with Gasteiger partial charge in [-0.25, -0.2) is 9.93 Å². The molecule has 3 N–H and O–H groups in total. The number of hydrogen-bond acceptors (Lipinski definition) is 7. The first-order chi connectivity index (χ1) is 14.2. The maximum atomic E-state index is 14.1. The van der Waals surface area contributed by atoms with Gasteiger partial charge in [0.2, 0.25) is 0 Å². The summed E-state index contributed by atoms with van der Waals surface area (Å²) in [5.41, 5.74) is 7.13. The minimum atomic E-state index is -0.638. The summed E-state index contributed by atoms with van der Waals surface area (Å²) in [5, 5.41) is 6.69. The van der Waals surface area contributed by atoms with Crippen molar-refractivity contribution in [2.45, 2.75) is 0 Å². The van der Waals surface area contributed by atoms with Crippen molar-refractivity contribution in [1.82, 2.24) is 10.9 Å². The number of hydrazone groups is 1. The van der Waals surface area contributed by atoms with Gasteiger partial charge in [0.05, 0.1) is 18.0 Å². The maximum Gasteiger partial charge on any atom is 0.256 e. The summed E-state index contributed by atoms with van der Waals surface area (Å²) in [6.07, 6.45) is 4.78. The number of carbonyl (C=O) groups excluding carboxylic acids is 1. The maximum absolute atomic E-state index is 14.1. The fourth-order valence-corrected chi connectivity index (χ4v) is 2.39. The predicted octanol–water partition coefficient (Wildman–Crippen LogP) is 2.78. The number of aliphatic imine (C=N–C) groups is 1. The Kier molecular flexibility index (Phi) is 6.90. The average molecular weight is 397 g/mol.